The Morgan fingerprint density at radius 3 is 2.62 bits per heavy atom. The van der Waals surface area contributed by atoms with Gasteiger partial charge in [0.1, 0.15) is 0 Å². The van der Waals surface area contributed by atoms with Crippen molar-refractivity contribution < 1.29 is 23.8 Å². The van der Waals surface area contributed by atoms with Crippen LogP contribution in [0.2, 0.25) is 5.02 Å². The van der Waals surface area contributed by atoms with Gasteiger partial charge in [-0.3, -0.25) is 0 Å². The number of ether oxygens (including phenoxy) is 2. The molecule has 1 aromatic carbocycles. The van der Waals surface area contributed by atoms with Crippen LogP contribution in [-0.4, -0.2) is 25.3 Å². The quantitative estimate of drug-likeness (QED) is 0.827. The zero-order valence-corrected chi connectivity index (χ0v) is 9.42. The first-order chi connectivity index (χ1) is 7.52. The summed E-state index contributed by atoms with van der Waals surface area (Å²) >= 11 is 5.53. The van der Waals surface area contributed by atoms with Crippen molar-refractivity contribution in [1.29, 1.82) is 0 Å². The maximum absolute atomic E-state index is 13.5. The van der Waals surface area contributed by atoms with Crippen LogP contribution in [0, 0.1) is 5.82 Å². The first-order valence-corrected chi connectivity index (χ1v) is 4.68. The summed E-state index contributed by atoms with van der Waals surface area (Å²) in [6.07, 6.45) is -1.60. The van der Waals surface area contributed by atoms with E-state index in [-0.39, 0.29) is 16.3 Å². The predicted octanol–water partition coefficient (Wildman–Crippen LogP) is 1.69. The Morgan fingerprint density at radius 1 is 1.50 bits per heavy atom. The molecule has 0 aliphatic rings. The fourth-order valence-electron chi connectivity index (χ4n) is 1.21. The van der Waals surface area contributed by atoms with Gasteiger partial charge in [0.05, 0.1) is 19.2 Å². The van der Waals surface area contributed by atoms with E-state index in [4.69, 9.17) is 16.3 Å². The van der Waals surface area contributed by atoms with Crippen LogP contribution >= 0.6 is 11.6 Å². The van der Waals surface area contributed by atoms with Crippen molar-refractivity contribution in [3.8, 4) is 5.75 Å². The largest absolute Gasteiger partial charge is 0.493 e. The maximum Gasteiger partial charge on any atom is 0.339 e. The Hall–Kier alpha value is -1.33. The van der Waals surface area contributed by atoms with Crippen molar-refractivity contribution in [3.05, 3.63) is 28.5 Å². The van der Waals surface area contributed by atoms with E-state index in [1.165, 1.54) is 19.2 Å². The number of aliphatic hydroxyl groups is 1. The minimum Gasteiger partial charge on any atom is -0.493 e. The van der Waals surface area contributed by atoms with Gasteiger partial charge in [-0.25, -0.2) is 9.18 Å². The highest BCUT2D eigenvalue weighted by Crippen LogP contribution is 2.32. The number of hydrogen-bond acceptors (Lipinski definition) is 4. The minimum atomic E-state index is -1.60. The number of carbonyl (C=O) groups is 1. The molecule has 0 aliphatic carbocycles. The van der Waals surface area contributed by atoms with Crippen LogP contribution in [0.3, 0.4) is 0 Å². The highest BCUT2D eigenvalue weighted by Gasteiger charge is 2.25. The van der Waals surface area contributed by atoms with Crippen molar-refractivity contribution >= 4 is 17.6 Å². The molecular formula is C10H10ClFO4. The number of aliphatic hydroxyl groups excluding tert-OH is 1. The molecule has 0 saturated carbocycles. The van der Waals surface area contributed by atoms with Crippen LogP contribution < -0.4 is 4.74 Å². The van der Waals surface area contributed by atoms with Crippen LogP contribution in [0.1, 0.15) is 11.7 Å². The van der Waals surface area contributed by atoms with Crippen LogP contribution in [0.5, 0.6) is 5.75 Å². The van der Waals surface area contributed by atoms with Crippen LogP contribution in [0.4, 0.5) is 4.39 Å². The lowest BCUT2D eigenvalue weighted by Gasteiger charge is -2.13. The summed E-state index contributed by atoms with van der Waals surface area (Å²) in [7, 11) is 2.33. The second-order valence-corrected chi connectivity index (χ2v) is 3.32. The molecule has 0 spiro atoms. The predicted molar refractivity (Wildman–Crippen MR) is 54.9 cm³/mol. The van der Waals surface area contributed by atoms with E-state index >= 15 is 0 Å². The van der Waals surface area contributed by atoms with Gasteiger partial charge in [0.25, 0.3) is 0 Å². The summed E-state index contributed by atoms with van der Waals surface area (Å²) in [6, 6.07) is 2.52. The van der Waals surface area contributed by atoms with Crippen LogP contribution in [0.15, 0.2) is 12.1 Å². The van der Waals surface area contributed by atoms with Gasteiger partial charge in [0.2, 0.25) is 0 Å². The minimum absolute atomic E-state index is 0.0312. The molecule has 6 heteroatoms. The van der Waals surface area contributed by atoms with Crippen LogP contribution in [-0.2, 0) is 9.53 Å². The first-order valence-electron chi connectivity index (χ1n) is 4.30. The SMILES string of the molecule is COC(=O)C(O)c1ccc(Cl)c(F)c1OC. The van der Waals surface area contributed by atoms with Crippen molar-refractivity contribution in [2.75, 3.05) is 14.2 Å². The maximum atomic E-state index is 13.5. The Bertz CT molecular complexity index is 408. The van der Waals surface area contributed by atoms with E-state index < -0.39 is 17.9 Å². The second kappa shape index (κ2) is 5.14. The average molecular weight is 249 g/mol. The number of hydrogen-bond donors (Lipinski definition) is 1. The lowest BCUT2D eigenvalue weighted by atomic mass is 10.1. The normalized spacial score (nSPS) is 12.1. The molecule has 88 valence electrons. The number of carbonyl (C=O) groups excluding carboxylic acids is 1. The Morgan fingerprint density at radius 2 is 2.12 bits per heavy atom. The molecule has 0 bridgehead atoms. The third kappa shape index (κ3) is 2.25. The van der Waals surface area contributed by atoms with E-state index in [1.807, 2.05) is 0 Å². The molecule has 16 heavy (non-hydrogen) atoms. The number of methoxy groups -OCH3 is 2. The summed E-state index contributed by atoms with van der Waals surface area (Å²) in [5, 5.41) is 9.40. The van der Waals surface area contributed by atoms with Gasteiger partial charge in [-0.15, -0.1) is 0 Å². The summed E-state index contributed by atoms with van der Waals surface area (Å²) in [4.78, 5) is 11.1. The third-order valence-electron chi connectivity index (χ3n) is 2.00. The third-order valence-corrected chi connectivity index (χ3v) is 2.30. The van der Waals surface area contributed by atoms with Crippen molar-refractivity contribution in [1.82, 2.24) is 0 Å². The van der Waals surface area contributed by atoms with Gasteiger partial charge in [0, 0.05) is 5.56 Å². The molecule has 1 rings (SSSR count). The van der Waals surface area contributed by atoms with Crippen LogP contribution in [0.25, 0.3) is 0 Å². The van der Waals surface area contributed by atoms with Gasteiger partial charge >= 0.3 is 5.97 Å². The van der Waals surface area contributed by atoms with E-state index in [9.17, 15) is 14.3 Å². The van der Waals surface area contributed by atoms with E-state index in [0.29, 0.717) is 0 Å². The van der Waals surface area contributed by atoms with E-state index in [0.717, 1.165) is 7.11 Å². The van der Waals surface area contributed by atoms with Crippen molar-refractivity contribution in [2.45, 2.75) is 6.10 Å². The zero-order chi connectivity index (χ0) is 12.3. The van der Waals surface area contributed by atoms with Gasteiger partial charge in [-0.2, -0.15) is 0 Å². The lowest BCUT2D eigenvalue weighted by Crippen LogP contribution is -2.15. The van der Waals surface area contributed by atoms with Crippen molar-refractivity contribution in [3.63, 3.8) is 0 Å². The molecule has 4 nitrogen and oxygen atoms in total. The van der Waals surface area contributed by atoms with Gasteiger partial charge in [0.15, 0.2) is 17.7 Å². The van der Waals surface area contributed by atoms with E-state index in [1.54, 1.807) is 0 Å². The number of halogens is 2. The molecule has 0 saturated heterocycles. The smallest absolute Gasteiger partial charge is 0.339 e. The fraction of sp³-hybridized carbons (Fsp3) is 0.300. The standard InChI is InChI=1S/C10H10ClFO4/c1-15-9-5(8(13)10(14)16-2)3-4-6(11)7(9)12/h3-4,8,13H,1-2H3. The molecule has 0 fully saturated rings. The molecule has 0 radical (unpaired) electrons. The molecule has 0 amide bonds. The van der Waals surface area contributed by atoms with Gasteiger partial charge < -0.3 is 14.6 Å². The molecule has 1 unspecified atom stereocenters. The molecule has 1 aromatic rings. The van der Waals surface area contributed by atoms with Crippen molar-refractivity contribution in [2.24, 2.45) is 0 Å². The van der Waals surface area contributed by atoms with Gasteiger partial charge in [-0.05, 0) is 6.07 Å². The summed E-state index contributed by atoms with van der Waals surface area (Å²) in [5.74, 6) is -2.00. The molecule has 0 aliphatic heterocycles. The van der Waals surface area contributed by atoms with E-state index in [2.05, 4.69) is 4.74 Å². The van der Waals surface area contributed by atoms with Gasteiger partial charge in [-0.1, -0.05) is 17.7 Å². The monoisotopic (exact) mass is 248 g/mol. The number of benzene rings is 1. The molecule has 1 atom stereocenters. The number of rotatable bonds is 3. The Balaban J connectivity index is 3.23. The summed E-state index contributed by atoms with van der Waals surface area (Å²) in [5.41, 5.74) is -0.0312. The zero-order valence-electron chi connectivity index (χ0n) is 8.66. The fourth-order valence-corrected chi connectivity index (χ4v) is 1.36. The molecule has 1 N–H and O–H groups in total. The summed E-state index contributed by atoms with van der Waals surface area (Å²) in [6.45, 7) is 0. The molecular weight excluding hydrogens is 239 g/mol. The number of esters is 1. The summed E-state index contributed by atoms with van der Waals surface area (Å²) < 4.78 is 22.6. The topological polar surface area (TPSA) is 55.8 Å². The lowest BCUT2D eigenvalue weighted by molar-refractivity contribution is -0.150. The highest BCUT2D eigenvalue weighted by atomic mass is 35.5. The first kappa shape index (κ1) is 12.7. The average Bonchev–Trinajstić information content (AvgIpc) is 2.30. The highest BCUT2D eigenvalue weighted by molar-refractivity contribution is 6.30. The molecule has 0 heterocycles. The second-order valence-electron chi connectivity index (χ2n) is 2.91. The Labute approximate surface area is 96.5 Å². The molecule has 0 aromatic heterocycles. The Kier molecular flexibility index (Phi) is 4.09.